The minimum atomic E-state index is -0.613. The molecule has 2 aliphatic rings. The van der Waals surface area contributed by atoms with E-state index in [4.69, 9.17) is 10.5 Å². The summed E-state index contributed by atoms with van der Waals surface area (Å²) in [5, 5.41) is 3.01. The SMILES string of the molecule is CCc1cc(N)nc(C)c1CNC(=O)c1ccc2c(c1)[C@@H]1O[C@H]2c2ccc(-c3ccc(F)cc3F)cc21. The molecule has 6 rings (SSSR count). The van der Waals surface area contributed by atoms with Crippen LogP contribution in [0.4, 0.5) is 14.6 Å². The summed E-state index contributed by atoms with van der Waals surface area (Å²) < 4.78 is 34.1. The predicted octanol–water partition coefficient (Wildman–Crippen LogP) is 5.93. The van der Waals surface area contributed by atoms with Crippen LogP contribution in [-0.4, -0.2) is 10.9 Å². The fraction of sp³-hybridized carbons (Fsp3) is 0.200. The van der Waals surface area contributed by atoms with Crippen molar-refractivity contribution in [1.29, 1.82) is 0 Å². The summed E-state index contributed by atoms with van der Waals surface area (Å²) in [5.41, 5.74) is 14.2. The van der Waals surface area contributed by atoms with E-state index in [9.17, 15) is 13.6 Å². The molecule has 3 aromatic carbocycles. The van der Waals surface area contributed by atoms with Gasteiger partial charge in [-0.3, -0.25) is 4.79 Å². The summed E-state index contributed by atoms with van der Waals surface area (Å²) in [5.74, 6) is -0.936. The number of anilines is 1. The lowest BCUT2D eigenvalue weighted by molar-refractivity contribution is 0.0857. The Balaban J connectivity index is 1.26. The van der Waals surface area contributed by atoms with Gasteiger partial charge >= 0.3 is 0 Å². The number of ether oxygens (including phenoxy) is 1. The minimum absolute atomic E-state index is 0.189. The van der Waals surface area contributed by atoms with Crippen molar-refractivity contribution in [2.75, 3.05) is 5.73 Å². The number of nitrogens with one attached hydrogen (secondary N) is 1. The van der Waals surface area contributed by atoms with E-state index in [1.54, 1.807) is 0 Å². The Morgan fingerprint density at radius 1 is 0.973 bits per heavy atom. The molecule has 37 heavy (non-hydrogen) atoms. The van der Waals surface area contributed by atoms with Crippen LogP contribution in [-0.2, 0) is 17.7 Å². The second kappa shape index (κ2) is 8.78. The molecule has 186 valence electrons. The van der Waals surface area contributed by atoms with Gasteiger partial charge in [-0.2, -0.15) is 0 Å². The van der Waals surface area contributed by atoms with Gasteiger partial charge in [-0.05, 0) is 88.7 Å². The number of carbonyl (C=O) groups is 1. The highest BCUT2D eigenvalue weighted by atomic mass is 19.1. The van der Waals surface area contributed by atoms with Gasteiger partial charge in [-0.1, -0.05) is 25.1 Å². The number of rotatable bonds is 5. The third kappa shape index (κ3) is 3.86. The Labute approximate surface area is 213 Å². The van der Waals surface area contributed by atoms with Gasteiger partial charge in [0, 0.05) is 29.4 Å². The van der Waals surface area contributed by atoms with Crippen LogP contribution in [0, 0.1) is 18.6 Å². The first-order valence-corrected chi connectivity index (χ1v) is 12.3. The lowest BCUT2D eigenvalue weighted by Crippen LogP contribution is -2.24. The number of nitrogen functional groups attached to an aromatic ring is 1. The highest BCUT2D eigenvalue weighted by Gasteiger charge is 2.43. The average molecular weight is 498 g/mol. The fourth-order valence-electron chi connectivity index (χ4n) is 5.50. The Hall–Kier alpha value is -4.10. The number of aromatic nitrogens is 1. The molecule has 3 N–H and O–H groups in total. The van der Waals surface area contributed by atoms with Gasteiger partial charge in [-0.15, -0.1) is 0 Å². The highest BCUT2D eigenvalue weighted by Crippen LogP contribution is 2.54. The van der Waals surface area contributed by atoms with Crippen LogP contribution in [0.15, 0.2) is 60.7 Å². The summed E-state index contributed by atoms with van der Waals surface area (Å²) in [4.78, 5) is 17.4. The highest BCUT2D eigenvalue weighted by molar-refractivity contribution is 5.94. The van der Waals surface area contributed by atoms with E-state index in [2.05, 4.69) is 10.3 Å². The van der Waals surface area contributed by atoms with Crippen molar-refractivity contribution >= 4 is 11.7 Å². The largest absolute Gasteiger partial charge is 0.384 e. The number of nitrogens with zero attached hydrogens (tertiary/aromatic N) is 1. The summed E-state index contributed by atoms with van der Waals surface area (Å²) in [7, 11) is 0. The van der Waals surface area contributed by atoms with Crippen LogP contribution in [0.2, 0.25) is 0 Å². The monoisotopic (exact) mass is 497 g/mol. The second-order valence-electron chi connectivity index (χ2n) is 9.51. The lowest BCUT2D eigenvalue weighted by atomic mass is 9.83. The molecule has 3 heterocycles. The molecule has 0 radical (unpaired) electrons. The summed E-state index contributed by atoms with van der Waals surface area (Å²) in [6.07, 6.45) is 0.220. The van der Waals surface area contributed by atoms with Crippen molar-refractivity contribution < 1.29 is 18.3 Å². The van der Waals surface area contributed by atoms with Gasteiger partial charge in [-0.25, -0.2) is 13.8 Å². The Kier molecular flexibility index (Phi) is 5.53. The molecule has 0 aliphatic carbocycles. The van der Waals surface area contributed by atoms with Crippen molar-refractivity contribution in [2.24, 2.45) is 0 Å². The maximum atomic E-state index is 14.4. The number of amides is 1. The Morgan fingerprint density at radius 2 is 1.70 bits per heavy atom. The summed E-state index contributed by atoms with van der Waals surface area (Å²) >= 11 is 0. The number of benzene rings is 3. The normalized spacial score (nSPS) is 17.0. The van der Waals surface area contributed by atoms with E-state index < -0.39 is 11.6 Å². The van der Waals surface area contributed by atoms with Crippen LogP contribution >= 0.6 is 0 Å². The Morgan fingerprint density at radius 3 is 2.46 bits per heavy atom. The number of nitrogens with two attached hydrogens (primary N) is 1. The maximum absolute atomic E-state index is 14.4. The molecule has 5 nitrogen and oxygen atoms in total. The van der Waals surface area contributed by atoms with Gasteiger partial charge in [0.1, 0.15) is 29.7 Å². The summed E-state index contributed by atoms with van der Waals surface area (Å²) in [6, 6.07) is 16.7. The quantitative estimate of drug-likeness (QED) is 0.358. The zero-order valence-corrected chi connectivity index (χ0v) is 20.4. The molecule has 2 aliphatic heterocycles. The molecule has 2 bridgehead atoms. The van der Waals surface area contributed by atoms with Crippen molar-refractivity contribution in [3.8, 4) is 11.1 Å². The lowest BCUT2D eigenvalue weighted by Gasteiger charge is -2.18. The van der Waals surface area contributed by atoms with Gasteiger partial charge in [0.2, 0.25) is 0 Å². The third-order valence-electron chi connectivity index (χ3n) is 7.33. The molecule has 0 saturated carbocycles. The maximum Gasteiger partial charge on any atom is 0.251 e. The van der Waals surface area contributed by atoms with Crippen molar-refractivity contribution in [1.82, 2.24) is 10.3 Å². The van der Waals surface area contributed by atoms with E-state index in [1.165, 1.54) is 12.1 Å². The van der Waals surface area contributed by atoms with Crippen LogP contribution in [0.5, 0.6) is 0 Å². The number of carbonyl (C=O) groups excluding carboxylic acids is 1. The van der Waals surface area contributed by atoms with Gasteiger partial charge in [0.15, 0.2) is 0 Å². The van der Waals surface area contributed by atoms with Crippen LogP contribution in [0.25, 0.3) is 11.1 Å². The number of fused-ring (bicyclic) bond motifs is 8. The zero-order chi connectivity index (χ0) is 25.8. The van der Waals surface area contributed by atoms with Gasteiger partial charge in [0.05, 0.1) is 0 Å². The fourth-order valence-corrected chi connectivity index (χ4v) is 5.50. The number of hydrogen-bond donors (Lipinski definition) is 2. The number of hydrogen-bond acceptors (Lipinski definition) is 4. The van der Waals surface area contributed by atoms with E-state index in [0.29, 0.717) is 29.1 Å². The molecule has 2 atom stereocenters. The van der Waals surface area contributed by atoms with Gasteiger partial charge < -0.3 is 15.8 Å². The average Bonchev–Trinajstić information content (AvgIpc) is 3.44. The van der Waals surface area contributed by atoms with Gasteiger partial charge in [0.25, 0.3) is 5.91 Å². The minimum Gasteiger partial charge on any atom is -0.384 e. The molecule has 0 unspecified atom stereocenters. The van der Waals surface area contributed by atoms with Crippen molar-refractivity contribution in [3.63, 3.8) is 0 Å². The first kappa shape index (κ1) is 23.3. The van der Waals surface area contributed by atoms with Crippen LogP contribution < -0.4 is 11.1 Å². The molecule has 0 saturated heterocycles. The van der Waals surface area contributed by atoms with E-state index in [-0.39, 0.29) is 18.1 Å². The van der Waals surface area contributed by atoms with Crippen molar-refractivity contribution in [2.45, 2.75) is 39.0 Å². The molecule has 0 spiro atoms. The van der Waals surface area contributed by atoms with Crippen molar-refractivity contribution in [3.05, 3.63) is 117 Å². The molecular formula is C30H25F2N3O2. The first-order chi connectivity index (χ1) is 17.8. The van der Waals surface area contributed by atoms with Crippen LogP contribution in [0.3, 0.4) is 0 Å². The standard InChI is InChI=1S/C30H25F2N3O2/c1-3-16-12-27(33)35-15(2)25(16)14-34-30(36)18-5-8-22-24(11-18)29-23-10-17(4-7-21(23)28(22)37-29)20-9-6-19(31)13-26(20)32/h4-13,28-29H,3,14H2,1-2H3,(H2,33,35)(H,34,36)/t28-,29+/m0/s1. The smallest absolute Gasteiger partial charge is 0.251 e. The molecule has 1 aromatic heterocycles. The topological polar surface area (TPSA) is 77.2 Å². The molecule has 4 aromatic rings. The molecular weight excluding hydrogens is 472 g/mol. The summed E-state index contributed by atoms with van der Waals surface area (Å²) in [6.45, 7) is 4.29. The van der Waals surface area contributed by atoms with E-state index in [1.807, 2.05) is 56.3 Å². The number of halogens is 2. The van der Waals surface area contributed by atoms with E-state index >= 15 is 0 Å². The predicted molar refractivity (Wildman–Crippen MR) is 137 cm³/mol. The second-order valence-corrected chi connectivity index (χ2v) is 9.51. The first-order valence-electron chi connectivity index (χ1n) is 12.3. The Bertz CT molecular complexity index is 1580. The molecule has 7 heteroatoms. The molecule has 0 fully saturated rings. The number of aryl methyl sites for hydroxylation is 2. The number of pyridine rings is 1. The van der Waals surface area contributed by atoms with E-state index in [0.717, 1.165) is 51.6 Å². The van der Waals surface area contributed by atoms with Crippen LogP contribution in [0.1, 0.15) is 68.6 Å². The molecule has 1 amide bonds. The zero-order valence-electron chi connectivity index (χ0n) is 20.4. The third-order valence-corrected chi connectivity index (χ3v) is 7.33.